The molecule has 0 spiro atoms. The lowest BCUT2D eigenvalue weighted by atomic mass is 9.84. The summed E-state index contributed by atoms with van der Waals surface area (Å²) in [6.45, 7) is 0.316. The zero-order valence-electron chi connectivity index (χ0n) is 18.5. The number of hydrogen-bond acceptors (Lipinski definition) is 7. The van der Waals surface area contributed by atoms with Crippen LogP contribution in [0.3, 0.4) is 0 Å². The van der Waals surface area contributed by atoms with Gasteiger partial charge >= 0.3 is 0 Å². The summed E-state index contributed by atoms with van der Waals surface area (Å²) in [4.78, 5) is 0. The lowest BCUT2D eigenvalue weighted by molar-refractivity contribution is -0.231. The van der Waals surface area contributed by atoms with Gasteiger partial charge in [-0.15, -0.1) is 0 Å². The van der Waals surface area contributed by atoms with Crippen LogP contribution < -0.4 is 9.47 Å². The number of rotatable bonds is 5. The predicted molar refractivity (Wildman–Crippen MR) is 116 cm³/mol. The van der Waals surface area contributed by atoms with E-state index in [1.807, 2.05) is 6.07 Å². The largest absolute Gasteiger partial charge is 0.486 e. The van der Waals surface area contributed by atoms with Crippen molar-refractivity contribution in [3.05, 3.63) is 57.6 Å². The highest BCUT2D eigenvalue weighted by molar-refractivity contribution is 5.53. The number of alkyl halides is 2. The minimum atomic E-state index is -2.68. The standard InChI is InChI=1S/C25H28F2O7/c26-25(27)20-13(8-12-4-5-17-18(9-12)33-7-6-32-17)10-16(14-2-1-3-15(14)20)24-23(31)22(30)21(29)19(11-28)34-24/h4-5,9-10,19,21-25,28-31H,1-3,6-8,11H2/t19?,21-,22+,23-,24+/m1/s1. The molecule has 7 nitrogen and oxygen atoms in total. The zero-order valence-corrected chi connectivity index (χ0v) is 18.5. The Hall–Kier alpha value is -2.30. The summed E-state index contributed by atoms with van der Waals surface area (Å²) in [6, 6.07) is 6.97. The average Bonchev–Trinajstić information content (AvgIpc) is 3.32. The van der Waals surface area contributed by atoms with Gasteiger partial charge in [-0.3, -0.25) is 0 Å². The second-order valence-electron chi connectivity index (χ2n) is 9.05. The van der Waals surface area contributed by atoms with Crippen molar-refractivity contribution in [2.75, 3.05) is 19.8 Å². The Morgan fingerprint density at radius 2 is 1.65 bits per heavy atom. The van der Waals surface area contributed by atoms with Crippen molar-refractivity contribution in [1.82, 2.24) is 0 Å². The monoisotopic (exact) mass is 478 g/mol. The van der Waals surface area contributed by atoms with Gasteiger partial charge in [0.1, 0.15) is 43.7 Å². The Kier molecular flexibility index (Phi) is 6.47. The molecule has 5 atom stereocenters. The molecule has 184 valence electrons. The molecule has 2 aromatic rings. The number of ether oxygens (including phenoxy) is 3. The summed E-state index contributed by atoms with van der Waals surface area (Å²) in [6.07, 6.45) is -7.39. The Bertz CT molecular complexity index is 1060. The van der Waals surface area contributed by atoms with Crippen LogP contribution in [0.5, 0.6) is 11.5 Å². The molecule has 0 amide bonds. The van der Waals surface area contributed by atoms with Crippen LogP contribution in [0.25, 0.3) is 0 Å². The molecule has 0 saturated carbocycles. The van der Waals surface area contributed by atoms with Gasteiger partial charge in [0.15, 0.2) is 11.5 Å². The zero-order chi connectivity index (χ0) is 24.0. The van der Waals surface area contributed by atoms with E-state index in [-0.39, 0.29) is 12.0 Å². The SMILES string of the molecule is OCC1O[C@@H](c2cc(Cc3ccc4c(c3)OCCO4)c(C(F)F)c3c2CCC3)[C@H](O)[C@@H](O)[C@@H]1O. The molecule has 9 heteroatoms. The first-order valence-electron chi connectivity index (χ1n) is 11.5. The van der Waals surface area contributed by atoms with E-state index < -0.39 is 43.6 Å². The van der Waals surface area contributed by atoms with Crippen molar-refractivity contribution >= 4 is 0 Å². The van der Waals surface area contributed by atoms with Crippen LogP contribution in [-0.4, -0.2) is 64.7 Å². The number of halogens is 2. The second-order valence-corrected chi connectivity index (χ2v) is 9.05. The quantitative estimate of drug-likeness (QED) is 0.521. The molecule has 1 fully saturated rings. The highest BCUT2D eigenvalue weighted by Crippen LogP contribution is 2.43. The fourth-order valence-corrected chi connectivity index (χ4v) is 5.35. The van der Waals surface area contributed by atoms with Crippen molar-refractivity contribution in [1.29, 1.82) is 0 Å². The van der Waals surface area contributed by atoms with Crippen molar-refractivity contribution in [2.45, 2.75) is 62.6 Å². The molecule has 2 aromatic carbocycles. The van der Waals surface area contributed by atoms with E-state index in [9.17, 15) is 29.2 Å². The van der Waals surface area contributed by atoms with Gasteiger partial charge in [-0.2, -0.15) is 0 Å². The van der Waals surface area contributed by atoms with Gasteiger partial charge in [-0.1, -0.05) is 12.1 Å². The van der Waals surface area contributed by atoms with Gasteiger partial charge in [-0.25, -0.2) is 8.78 Å². The van der Waals surface area contributed by atoms with Gasteiger partial charge in [0.05, 0.1) is 6.61 Å². The van der Waals surface area contributed by atoms with E-state index in [4.69, 9.17) is 14.2 Å². The highest BCUT2D eigenvalue weighted by Gasteiger charge is 2.45. The number of hydrogen-bond donors (Lipinski definition) is 4. The lowest BCUT2D eigenvalue weighted by Crippen LogP contribution is -2.55. The third-order valence-electron chi connectivity index (χ3n) is 6.99. The normalized spacial score (nSPS) is 28.3. The topological polar surface area (TPSA) is 109 Å². The molecule has 1 saturated heterocycles. The minimum Gasteiger partial charge on any atom is -0.486 e. The molecule has 0 aromatic heterocycles. The number of fused-ring (bicyclic) bond motifs is 2. The van der Waals surface area contributed by atoms with Crippen molar-refractivity contribution in [3.63, 3.8) is 0 Å². The highest BCUT2D eigenvalue weighted by atomic mass is 19.3. The Morgan fingerprint density at radius 1 is 0.912 bits per heavy atom. The Balaban J connectivity index is 1.58. The summed E-state index contributed by atoms with van der Waals surface area (Å²) in [5.41, 5.74) is 2.92. The smallest absolute Gasteiger partial charge is 0.264 e. The van der Waals surface area contributed by atoms with Gasteiger partial charge in [-0.05, 0) is 65.6 Å². The first-order valence-corrected chi connectivity index (χ1v) is 11.5. The van der Waals surface area contributed by atoms with Crippen LogP contribution in [0.1, 0.15) is 52.3 Å². The molecule has 2 heterocycles. The van der Waals surface area contributed by atoms with E-state index in [0.29, 0.717) is 66.2 Å². The van der Waals surface area contributed by atoms with E-state index in [1.54, 1.807) is 18.2 Å². The van der Waals surface area contributed by atoms with Crippen LogP contribution in [0.2, 0.25) is 0 Å². The molecule has 3 aliphatic rings. The van der Waals surface area contributed by atoms with Crippen molar-refractivity contribution in [2.24, 2.45) is 0 Å². The van der Waals surface area contributed by atoms with E-state index in [0.717, 1.165) is 5.56 Å². The molecule has 0 bridgehead atoms. The summed E-state index contributed by atoms with van der Waals surface area (Å²) in [7, 11) is 0. The molecule has 34 heavy (non-hydrogen) atoms. The van der Waals surface area contributed by atoms with E-state index >= 15 is 0 Å². The third-order valence-corrected chi connectivity index (χ3v) is 6.99. The third kappa shape index (κ3) is 4.05. The first kappa shape index (κ1) is 23.4. The van der Waals surface area contributed by atoms with Gasteiger partial charge in [0, 0.05) is 5.56 Å². The van der Waals surface area contributed by atoms with Crippen LogP contribution in [-0.2, 0) is 24.0 Å². The van der Waals surface area contributed by atoms with Crippen molar-refractivity contribution < 1.29 is 43.4 Å². The predicted octanol–water partition coefficient (Wildman–Crippen LogP) is 1.99. The van der Waals surface area contributed by atoms with E-state index in [2.05, 4.69) is 0 Å². The molecular weight excluding hydrogens is 450 g/mol. The fourth-order valence-electron chi connectivity index (χ4n) is 5.35. The average molecular weight is 478 g/mol. The lowest BCUT2D eigenvalue weighted by Gasteiger charge is -2.41. The maximum Gasteiger partial charge on any atom is 0.264 e. The number of benzene rings is 2. The van der Waals surface area contributed by atoms with Gasteiger partial charge in [0.25, 0.3) is 6.43 Å². The fraction of sp³-hybridized carbons (Fsp3) is 0.520. The molecule has 1 unspecified atom stereocenters. The first-order chi connectivity index (χ1) is 16.4. The van der Waals surface area contributed by atoms with Crippen LogP contribution in [0.4, 0.5) is 8.78 Å². The Morgan fingerprint density at radius 3 is 2.38 bits per heavy atom. The summed E-state index contributed by atoms with van der Waals surface area (Å²) in [5, 5.41) is 40.8. The van der Waals surface area contributed by atoms with Gasteiger partial charge in [0.2, 0.25) is 0 Å². The molecule has 4 N–H and O–H groups in total. The molecular formula is C25H28F2O7. The molecule has 2 aliphatic heterocycles. The summed E-state index contributed by atoms with van der Waals surface area (Å²) >= 11 is 0. The van der Waals surface area contributed by atoms with Crippen LogP contribution in [0.15, 0.2) is 24.3 Å². The maximum absolute atomic E-state index is 14.3. The molecule has 5 rings (SSSR count). The number of aliphatic hydroxyl groups is 4. The minimum absolute atomic E-state index is 0.00395. The van der Waals surface area contributed by atoms with Crippen LogP contribution >= 0.6 is 0 Å². The maximum atomic E-state index is 14.3. The number of aliphatic hydroxyl groups excluding tert-OH is 4. The van der Waals surface area contributed by atoms with E-state index in [1.165, 1.54) is 0 Å². The van der Waals surface area contributed by atoms with Crippen LogP contribution in [0, 0.1) is 0 Å². The van der Waals surface area contributed by atoms with Crippen molar-refractivity contribution in [3.8, 4) is 11.5 Å². The Labute approximate surface area is 195 Å². The summed E-state index contributed by atoms with van der Waals surface area (Å²) < 4.78 is 45.6. The molecule has 1 aliphatic carbocycles. The second kappa shape index (κ2) is 9.39. The van der Waals surface area contributed by atoms with Gasteiger partial charge < -0.3 is 34.6 Å². The summed E-state index contributed by atoms with van der Waals surface area (Å²) in [5.74, 6) is 1.18. The molecule has 0 radical (unpaired) electrons.